The molecule has 0 aliphatic carbocycles. The number of carbonyl (C=O) groups is 3. The van der Waals surface area contributed by atoms with Crippen LogP contribution in [0.25, 0.3) is 0 Å². The summed E-state index contributed by atoms with van der Waals surface area (Å²) < 4.78 is 5.12. The maximum Gasteiger partial charge on any atom is 0.408 e. The van der Waals surface area contributed by atoms with Crippen LogP contribution >= 0.6 is 0 Å². The lowest BCUT2D eigenvalue weighted by Crippen LogP contribution is -2.57. The van der Waals surface area contributed by atoms with Crippen LogP contribution in [0.1, 0.15) is 34.1 Å². The minimum absolute atomic E-state index is 0.110. The van der Waals surface area contributed by atoms with E-state index < -0.39 is 29.1 Å². The lowest BCUT2D eigenvalue weighted by molar-refractivity contribution is -0.144. The Morgan fingerprint density at radius 2 is 2.00 bits per heavy atom. The second kappa shape index (κ2) is 6.51. The predicted molar refractivity (Wildman–Crippen MR) is 79.2 cm³/mol. The summed E-state index contributed by atoms with van der Waals surface area (Å²) in [4.78, 5) is 36.4. The molecule has 8 heteroatoms. The number of rotatable bonds is 5. The van der Waals surface area contributed by atoms with E-state index >= 15 is 0 Å². The number of carboxylic acid groups (broad SMARTS) is 1. The van der Waals surface area contributed by atoms with E-state index in [1.807, 2.05) is 0 Å². The van der Waals surface area contributed by atoms with Gasteiger partial charge >= 0.3 is 12.1 Å². The topological polar surface area (TPSA) is 122 Å². The fourth-order valence-corrected chi connectivity index (χ4v) is 2.35. The van der Waals surface area contributed by atoms with Crippen LogP contribution in [0.5, 0.6) is 0 Å². The molecule has 4 N–H and O–H groups in total. The van der Waals surface area contributed by atoms with Crippen molar-refractivity contribution in [1.29, 1.82) is 0 Å². The molecule has 0 aromatic heterocycles. The highest BCUT2D eigenvalue weighted by Crippen LogP contribution is 2.23. The number of nitrogens with two attached hydrogens (primary N) is 1. The van der Waals surface area contributed by atoms with Gasteiger partial charge in [-0.05, 0) is 27.2 Å². The van der Waals surface area contributed by atoms with Crippen LogP contribution in [0.4, 0.5) is 4.79 Å². The van der Waals surface area contributed by atoms with E-state index in [0.29, 0.717) is 13.1 Å². The zero-order valence-electron chi connectivity index (χ0n) is 13.5. The van der Waals surface area contributed by atoms with Gasteiger partial charge in [0.25, 0.3) is 0 Å². The highest BCUT2D eigenvalue weighted by atomic mass is 16.6. The van der Waals surface area contributed by atoms with E-state index in [1.54, 1.807) is 32.6 Å². The third-order valence-electron chi connectivity index (χ3n) is 3.52. The first-order valence-corrected chi connectivity index (χ1v) is 7.21. The van der Waals surface area contributed by atoms with E-state index in [9.17, 15) is 19.5 Å². The third kappa shape index (κ3) is 4.87. The Hall–Kier alpha value is -1.83. The molecule has 2 atom stereocenters. The summed E-state index contributed by atoms with van der Waals surface area (Å²) in [5.41, 5.74) is 3.11. The van der Waals surface area contributed by atoms with E-state index in [1.165, 1.54) is 0 Å². The number of primary amides is 1. The molecule has 0 spiro atoms. The molecule has 2 unspecified atom stereocenters. The quantitative estimate of drug-likeness (QED) is 0.664. The SMILES string of the molecule is CC(CN1CCC(NC(=O)OC(C)(C)C)(C(=O)O)C1)C(N)=O. The smallest absolute Gasteiger partial charge is 0.408 e. The van der Waals surface area contributed by atoms with Crippen LogP contribution in [0.15, 0.2) is 0 Å². The van der Waals surface area contributed by atoms with Crippen LogP contribution < -0.4 is 11.1 Å². The minimum Gasteiger partial charge on any atom is -0.479 e. The third-order valence-corrected chi connectivity index (χ3v) is 3.52. The van der Waals surface area contributed by atoms with E-state index in [2.05, 4.69) is 5.32 Å². The Labute approximate surface area is 130 Å². The highest BCUT2D eigenvalue weighted by molar-refractivity contribution is 5.85. The molecule has 1 saturated heterocycles. The average molecular weight is 315 g/mol. The predicted octanol–water partition coefficient (Wildman–Crippen LogP) is 0.162. The number of ether oxygens (including phenoxy) is 1. The number of amides is 2. The largest absolute Gasteiger partial charge is 0.479 e. The number of hydrogen-bond acceptors (Lipinski definition) is 5. The summed E-state index contributed by atoms with van der Waals surface area (Å²) >= 11 is 0. The van der Waals surface area contributed by atoms with Crippen molar-refractivity contribution in [2.45, 2.75) is 45.3 Å². The van der Waals surface area contributed by atoms with Gasteiger partial charge in [0.05, 0.1) is 0 Å². The van der Waals surface area contributed by atoms with Gasteiger partial charge in [0.1, 0.15) is 5.60 Å². The molecular formula is C14H25N3O5. The minimum atomic E-state index is -1.40. The molecule has 8 nitrogen and oxygen atoms in total. The number of nitrogens with one attached hydrogen (secondary N) is 1. The van der Waals surface area contributed by atoms with Crippen LogP contribution in [0.3, 0.4) is 0 Å². The normalized spacial score (nSPS) is 23.8. The monoisotopic (exact) mass is 315 g/mol. The highest BCUT2D eigenvalue weighted by Gasteiger charge is 2.47. The fraction of sp³-hybridized carbons (Fsp3) is 0.786. The van der Waals surface area contributed by atoms with Gasteiger partial charge in [0.15, 0.2) is 5.54 Å². The van der Waals surface area contributed by atoms with Gasteiger partial charge in [-0.25, -0.2) is 9.59 Å². The van der Waals surface area contributed by atoms with Crippen molar-refractivity contribution in [3.63, 3.8) is 0 Å². The molecule has 0 radical (unpaired) electrons. The zero-order valence-corrected chi connectivity index (χ0v) is 13.5. The fourth-order valence-electron chi connectivity index (χ4n) is 2.35. The van der Waals surface area contributed by atoms with Crippen LogP contribution in [0, 0.1) is 5.92 Å². The summed E-state index contributed by atoms with van der Waals surface area (Å²) in [6, 6.07) is 0. The van der Waals surface area contributed by atoms with Crippen molar-refractivity contribution in [3.05, 3.63) is 0 Å². The molecule has 0 saturated carbocycles. The maximum absolute atomic E-state index is 11.9. The summed E-state index contributed by atoms with van der Waals surface area (Å²) in [6.45, 7) is 7.73. The summed E-state index contributed by atoms with van der Waals surface area (Å²) in [5, 5.41) is 11.9. The van der Waals surface area contributed by atoms with Gasteiger partial charge in [-0.15, -0.1) is 0 Å². The number of likely N-dealkylation sites (tertiary alicyclic amines) is 1. The van der Waals surface area contributed by atoms with Gasteiger partial charge < -0.3 is 20.9 Å². The molecule has 0 aromatic rings. The second-order valence-electron chi connectivity index (χ2n) is 6.80. The zero-order chi connectivity index (χ0) is 17.1. The molecule has 1 fully saturated rings. The molecule has 2 amide bonds. The lowest BCUT2D eigenvalue weighted by atomic mass is 9.99. The Morgan fingerprint density at radius 3 is 2.45 bits per heavy atom. The first-order valence-electron chi connectivity index (χ1n) is 7.21. The van der Waals surface area contributed by atoms with Crippen LogP contribution in [0.2, 0.25) is 0 Å². The van der Waals surface area contributed by atoms with Gasteiger partial charge in [-0.1, -0.05) is 6.92 Å². The number of carboxylic acids is 1. The summed E-state index contributed by atoms with van der Waals surface area (Å²) in [5.74, 6) is -1.94. The van der Waals surface area contributed by atoms with Crippen molar-refractivity contribution in [3.8, 4) is 0 Å². The number of nitrogens with zero attached hydrogens (tertiary/aromatic N) is 1. The number of carbonyl (C=O) groups excluding carboxylic acids is 2. The lowest BCUT2D eigenvalue weighted by Gasteiger charge is -2.28. The van der Waals surface area contributed by atoms with E-state index in [0.717, 1.165) is 0 Å². The molecule has 1 heterocycles. The first-order chi connectivity index (χ1) is 9.95. The number of hydrogen-bond donors (Lipinski definition) is 3. The average Bonchev–Trinajstić information content (AvgIpc) is 2.70. The van der Waals surface area contributed by atoms with Crippen LogP contribution in [-0.4, -0.2) is 58.8 Å². The van der Waals surface area contributed by atoms with Crippen LogP contribution in [-0.2, 0) is 14.3 Å². The van der Waals surface area contributed by atoms with Crippen molar-refractivity contribution >= 4 is 18.0 Å². The molecule has 1 aliphatic heterocycles. The number of aliphatic carboxylic acids is 1. The molecule has 1 rings (SSSR count). The number of alkyl carbamates (subject to hydrolysis) is 1. The van der Waals surface area contributed by atoms with Gasteiger partial charge in [-0.2, -0.15) is 0 Å². The van der Waals surface area contributed by atoms with Gasteiger partial charge in [0, 0.05) is 25.6 Å². The van der Waals surface area contributed by atoms with E-state index in [4.69, 9.17) is 10.5 Å². The van der Waals surface area contributed by atoms with Crippen molar-refractivity contribution < 1.29 is 24.2 Å². The maximum atomic E-state index is 11.9. The molecular weight excluding hydrogens is 290 g/mol. The molecule has 126 valence electrons. The Kier molecular flexibility index (Phi) is 5.39. The van der Waals surface area contributed by atoms with Gasteiger partial charge in [0.2, 0.25) is 5.91 Å². The molecule has 22 heavy (non-hydrogen) atoms. The van der Waals surface area contributed by atoms with Crippen molar-refractivity contribution in [2.75, 3.05) is 19.6 Å². The molecule has 1 aliphatic rings. The Bertz CT molecular complexity index is 460. The van der Waals surface area contributed by atoms with Crippen molar-refractivity contribution in [1.82, 2.24) is 10.2 Å². The standard InChI is InChI=1S/C14H25N3O5/c1-9(10(15)18)7-17-6-5-14(8-17,11(19)20)16-12(21)22-13(2,3)4/h9H,5-8H2,1-4H3,(H2,15,18)(H,16,21)(H,19,20). The molecule has 0 bridgehead atoms. The first kappa shape index (κ1) is 18.2. The molecule has 0 aromatic carbocycles. The van der Waals surface area contributed by atoms with Gasteiger partial charge in [-0.3, -0.25) is 9.69 Å². The second-order valence-corrected chi connectivity index (χ2v) is 6.80. The Balaban J connectivity index is 2.73. The Morgan fingerprint density at radius 1 is 1.41 bits per heavy atom. The summed E-state index contributed by atoms with van der Waals surface area (Å²) in [6.07, 6.45) is -0.521. The van der Waals surface area contributed by atoms with E-state index in [-0.39, 0.29) is 18.9 Å². The summed E-state index contributed by atoms with van der Waals surface area (Å²) in [7, 11) is 0. The van der Waals surface area contributed by atoms with Crippen molar-refractivity contribution in [2.24, 2.45) is 11.7 Å².